The van der Waals surface area contributed by atoms with Crippen LogP contribution in [0, 0.1) is 0 Å². The van der Waals surface area contributed by atoms with Gasteiger partial charge in [0.2, 0.25) is 5.91 Å². The van der Waals surface area contributed by atoms with Gasteiger partial charge in [-0.3, -0.25) is 14.5 Å². The smallest absolute Gasteiger partial charge is 0.251 e. The molecule has 5 aliphatic heterocycles. The Balaban J connectivity index is 1.11. The highest BCUT2D eigenvalue weighted by Crippen LogP contribution is 2.40. The summed E-state index contributed by atoms with van der Waals surface area (Å²) in [5, 5.41) is 6.06. The normalized spacial score (nSPS) is 34.1. The summed E-state index contributed by atoms with van der Waals surface area (Å²) in [5.41, 5.74) is 0. The standard InChI is InChI=1S/C36H63N3O9/c1-6-7-8-9-10-11-12-13-16-19-22-42-28-25(43-34-31(28)46-36(4,5)48-34)23-37-32(41)29-27(30-33(44-29)47-35(2,3)45-30)38-26(40)24-39-20-17-14-15-18-21-39/h25,27-31,33-34H,6-24H2,1-5H3,(H,37,41)(H,38,40). The Morgan fingerprint density at radius 3 is 1.98 bits per heavy atom. The molecule has 5 saturated heterocycles. The van der Waals surface area contributed by atoms with E-state index in [0.29, 0.717) is 6.61 Å². The molecule has 0 aliphatic carbocycles. The first-order valence-electron chi connectivity index (χ1n) is 19.0. The molecule has 48 heavy (non-hydrogen) atoms. The van der Waals surface area contributed by atoms with Crippen LogP contribution in [-0.2, 0) is 42.7 Å². The van der Waals surface area contributed by atoms with Crippen molar-refractivity contribution in [2.24, 2.45) is 0 Å². The Hall–Kier alpha value is -1.38. The van der Waals surface area contributed by atoms with E-state index in [2.05, 4.69) is 22.5 Å². The fraction of sp³-hybridized carbons (Fsp3) is 0.944. The molecule has 5 aliphatic rings. The van der Waals surface area contributed by atoms with Crippen molar-refractivity contribution in [2.45, 2.75) is 185 Å². The van der Waals surface area contributed by atoms with Gasteiger partial charge in [0.25, 0.3) is 5.91 Å². The maximum Gasteiger partial charge on any atom is 0.251 e. The number of fused-ring (bicyclic) bond motifs is 2. The highest BCUT2D eigenvalue weighted by molar-refractivity contribution is 5.84. The molecular formula is C36H63N3O9. The minimum atomic E-state index is -0.984. The summed E-state index contributed by atoms with van der Waals surface area (Å²) < 4.78 is 42.9. The number of hydrogen-bond donors (Lipinski definition) is 2. The van der Waals surface area contributed by atoms with E-state index in [0.717, 1.165) is 38.8 Å². The summed E-state index contributed by atoms with van der Waals surface area (Å²) in [4.78, 5) is 29.1. The number of rotatable bonds is 18. The molecule has 276 valence electrons. The van der Waals surface area contributed by atoms with Gasteiger partial charge in [-0.05, 0) is 60.0 Å². The van der Waals surface area contributed by atoms with Crippen LogP contribution in [0.15, 0.2) is 0 Å². The summed E-state index contributed by atoms with van der Waals surface area (Å²) in [7, 11) is 0. The highest BCUT2D eigenvalue weighted by Gasteiger charge is 2.58. The van der Waals surface area contributed by atoms with E-state index in [1.54, 1.807) is 13.8 Å². The van der Waals surface area contributed by atoms with Crippen LogP contribution in [0.25, 0.3) is 0 Å². The lowest BCUT2D eigenvalue weighted by Gasteiger charge is -2.28. The second-order valence-electron chi connectivity index (χ2n) is 15.2. The Bertz CT molecular complexity index is 1020. The van der Waals surface area contributed by atoms with Crippen LogP contribution < -0.4 is 10.6 Å². The number of nitrogens with one attached hydrogen (secondary N) is 2. The van der Waals surface area contributed by atoms with Crippen molar-refractivity contribution < 1.29 is 42.7 Å². The monoisotopic (exact) mass is 681 g/mol. The molecule has 8 unspecified atom stereocenters. The molecule has 0 saturated carbocycles. The van der Waals surface area contributed by atoms with Gasteiger partial charge in [-0.1, -0.05) is 77.6 Å². The summed E-state index contributed by atoms with van der Waals surface area (Å²) in [6, 6.07) is -0.698. The zero-order valence-corrected chi connectivity index (χ0v) is 30.2. The third kappa shape index (κ3) is 10.6. The van der Waals surface area contributed by atoms with Gasteiger partial charge in [-0.2, -0.15) is 0 Å². The molecule has 12 nitrogen and oxygen atoms in total. The molecule has 12 heteroatoms. The zero-order chi connectivity index (χ0) is 34.1. The summed E-state index contributed by atoms with van der Waals surface area (Å²) in [5.74, 6) is -2.18. The lowest BCUT2D eigenvalue weighted by molar-refractivity contribution is -0.218. The van der Waals surface area contributed by atoms with Crippen molar-refractivity contribution in [2.75, 3.05) is 32.8 Å². The first-order valence-corrected chi connectivity index (χ1v) is 19.0. The van der Waals surface area contributed by atoms with Crippen LogP contribution in [0.5, 0.6) is 0 Å². The first-order chi connectivity index (χ1) is 23.0. The fourth-order valence-electron chi connectivity index (χ4n) is 7.64. The second kappa shape index (κ2) is 17.7. The quantitative estimate of drug-likeness (QED) is 0.200. The number of hydrogen-bond acceptors (Lipinski definition) is 10. The van der Waals surface area contributed by atoms with E-state index < -0.39 is 54.6 Å². The molecule has 0 aromatic rings. The van der Waals surface area contributed by atoms with E-state index in [1.807, 2.05) is 13.8 Å². The molecule has 0 aromatic carbocycles. The number of carbonyl (C=O) groups is 2. The molecule has 2 amide bonds. The predicted molar refractivity (Wildman–Crippen MR) is 179 cm³/mol. The minimum absolute atomic E-state index is 0.151. The third-order valence-electron chi connectivity index (χ3n) is 10.1. The maximum atomic E-state index is 13.7. The van der Waals surface area contributed by atoms with Crippen LogP contribution >= 0.6 is 0 Å². The minimum Gasteiger partial charge on any atom is -0.373 e. The van der Waals surface area contributed by atoms with E-state index in [1.165, 1.54) is 64.2 Å². The van der Waals surface area contributed by atoms with Crippen molar-refractivity contribution in [3.63, 3.8) is 0 Å². The first kappa shape index (κ1) is 37.9. The third-order valence-corrected chi connectivity index (χ3v) is 10.1. The summed E-state index contributed by atoms with van der Waals surface area (Å²) in [6.45, 7) is 12.4. The number of carbonyl (C=O) groups excluding carboxylic acids is 2. The largest absolute Gasteiger partial charge is 0.373 e. The van der Waals surface area contributed by atoms with Crippen molar-refractivity contribution >= 4 is 11.8 Å². The van der Waals surface area contributed by atoms with Crippen molar-refractivity contribution in [1.82, 2.24) is 15.5 Å². The van der Waals surface area contributed by atoms with Gasteiger partial charge in [0, 0.05) is 13.2 Å². The van der Waals surface area contributed by atoms with Crippen LogP contribution in [0.2, 0.25) is 0 Å². The predicted octanol–water partition coefficient (Wildman–Crippen LogP) is 4.52. The Kier molecular flexibility index (Phi) is 14.0. The lowest BCUT2D eigenvalue weighted by atomic mass is 10.1. The number of likely N-dealkylation sites (tertiary alicyclic amines) is 1. The Morgan fingerprint density at radius 1 is 0.750 bits per heavy atom. The van der Waals surface area contributed by atoms with Crippen LogP contribution in [-0.4, -0.2) is 110 Å². The van der Waals surface area contributed by atoms with Gasteiger partial charge >= 0.3 is 0 Å². The lowest BCUT2D eigenvalue weighted by Crippen LogP contribution is -2.55. The van der Waals surface area contributed by atoms with Crippen LogP contribution in [0.4, 0.5) is 0 Å². The van der Waals surface area contributed by atoms with Gasteiger partial charge < -0.3 is 43.8 Å². The molecule has 0 spiro atoms. The zero-order valence-electron chi connectivity index (χ0n) is 30.2. The number of unbranched alkanes of at least 4 members (excludes halogenated alkanes) is 9. The molecule has 0 aromatic heterocycles. The molecule has 0 radical (unpaired) electrons. The molecule has 5 fully saturated rings. The van der Waals surface area contributed by atoms with Crippen LogP contribution in [0.1, 0.15) is 125 Å². The second-order valence-corrected chi connectivity index (χ2v) is 15.2. The topological polar surface area (TPSA) is 126 Å². The highest BCUT2D eigenvalue weighted by atomic mass is 16.8. The number of ether oxygens (including phenoxy) is 7. The van der Waals surface area contributed by atoms with Gasteiger partial charge in [0.15, 0.2) is 30.3 Å². The van der Waals surface area contributed by atoms with E-state index in [-0.39, 0.29) is 31.0 Å². The van der Waals surface area contributed by atoms with Crippen molar-refractivity contribution in [3.8, 4) is 0 Å². The van der Waals surface area contributed by atoms with E-state index >= 15 is 0 Å². The molecule has 2 N–H and O–H groups in total. The van der Waals surface area contributed by atoms with Gasteiger partial charge in [0.1, 0.15) is 24.4 Å². The van der Waals surface area contributed by atoms with Gasteiger partial charge in [0.05, 0.1) is 12.6 Å². The molecule has 8 atom stereocenters. The number of amides is 2. The summed E-state index contributed by atoms with van der Waals surface area (Å²) >= 11 is 0. The van der Waals surface area contributed by atoms with Crippen molar-refractivity contribution in [3.05, 3.63) is 0 Å². The SMILES string of the molecule is CCCCCCCCCCCCOC1C(CNC(=O)C2OC3OC(C)(C)OC3C2NC(=O)CN2CCCCCC2)OC2OC(C)(C)OC21. The maximum absolute atomic E-state index is 13.7. The van der Waals surface area contributed by atoms with E-state index in [4.69, 9.17) is 33.2 Å². The summed E-state index contributed by atoms with van der Waals surface area (Å²) in [6.07, 6.45) is 12.9. The van der Waals surface area contributed by atoms with Gasteiger partial charge in [-0.15, -0.1) is 0 Å². The fourth-order valence-corrected chi connectivity index (χ4v) is 7.64. The van der Waals surface area contributed by atoms with Gasteiger partial charge in [-0.25, -0.2) is 0 Å². The molecule has 5 rings (SSSR count). The molecular weight excluding hydrogens is 618 g/mol. The van der Waals surface area contributed by atoms with Crippen molar-refractivity contribution in [1.29, 1.82) is 0 Å². The van der Waals surface area contributed by atoms with E-state index in [9.17, 15) is 9.59 Å². The number of nitrogens with zero attached hydrogens (tertiary/aromatic N) is 1. The Labute approximate surface area is 287 Å². The average Bonchev–Trinajstić information content (AvgIpc) is 3.63. The molecule has 0 bridgehead atoms. The Morgan fingerprint density at radius 2 is 1.33 bits per heavy atom. The van der Waals surface area contributed by atoms with Crippen LogP contribution in [0.3, 0.4) is 0 Å². The average molecular weight is 682 g/mol. The molecule has 5 heterocycles.